The number of carbonyl (C=O) groups is 3. The second kappa shape index (κ2) is 10.2. The highest BCUT2D eigenvalue weighted by Crippen LogP contribution is 2.23. The zero-order chi connectivity index (χ0) is 22.4. The van der Waals surface area contributed by atoms with Crippen LogP contribution < -0.4 is 15.5 Å². The molecule has 2 aromatic carbocycles. The fraction of sp³-hybridized carbons (Fsp3) is 0.375. The topological polar surface area (TPSA) is 81.8 Å². The molecule has 0 aliphatic carbocycles. The lowest BCUT2D eigenvalue weighted by atomic mass is 10.1. The van der Waals surface area contributed by atoms with E-state index in [9.17, 15) is 14.4 Å². The molecule has 7 nitrogen and oxygen atoms in total. The van der Waals surface area contributed by atoms with Gasteiger partial charge in [-0.15, -0.1) is 0 Å². The number of amides is 3. The summed E-state index contributed by atoms with van der Waals surface area (Å²) in [6, 6.07) is 13.1. The van der Waals surface area contributed by atoms with E-state index >= 15 is 0 Å². The Kier molecular flexibility index (Phi) is 7.41. The summed E-state index contributed by atoms with van der Waals surface area (Å²) in [7, 11) is 1.82. The molecule has 164 valence electrons. The smallest absolute Gasteiger partial charge is 0.238 e. The van der Waals surface area contributed by atoms with Crippen LogP contribution >= 0.6 is 0 Å². The predicted octanol–water partition coefficient (Wildman–Crippen LogP) is 3.33. The van der Waals surface area contributed by atoms with E-state index in [0.29, 0.717) is 18.7 Å². The molecule has 0 atom stereocenters. The average molecular weight is 423 g/mol. The van der Waals surface area contributed by atoms with Gasteiger partial charge in [0.05, 0.1) is 6.54 Å². The van der Waals surface area contributed by atoms with E-state index in [1.54, 1.807) is 17.0 Å². The van der Waals surface area contributed by atoms with Crippen LogP contribution in [0, 0.1) is 13.8 Å². The van der Waals surface area contributed by atoms with Crippen molar-refractivity contribution in [3.63, 3.8) is 0 Å². The summed E-state index contributed by atoms with van der Waals surface area (Å²) in [5, 5.41) is 5.80. The summed E-state index contributed by atoms with van der Waals surface area (Å²) < 4.78 is 0. The van der Waals surface area contributed by atoms with Crippen LogP contribution in [-0.2, 0) is 14.4 Å². The zero-order valence-electron chi connectivity index (χ0n) is 18.4. The van der Waals surface area contributed by atoms with Crippen LogP contribution in [0.4, 0.5) is 17.1 Å². The molecule has 2 aromatic rings. The molecule has 1 fully saturated rings. The SMILES string of the molecule is Cc1cccc(NC(=O)CN(C)CCC(=O)Nc2ccc(N3CCCC3=O)cc2)c1C. The van der Waals surface area contributed by atoms with Crippen molar-refractivity contribution in [2.75, 3.05) is 42.2 Å². The first-order chi connectivity index (χ1) is 14.8. The fourth-order valence-corrected chi connectivity index (χ4v) is 3.56. The number of likely N-dealkylation sites (N-methyl/N-ethyl adjacent to an activating group) is 1. The molecule has 31 heavy (non-hydrogen) atoms. The summed E-state index contributed by atoms with van der Waals surface area (Å²) in [5.41, 5.74) is 4.54. The maximum Gasteiger partial charge on any atom is 0.238 e. The van der Waals surface area contributed by atoms with Gasteiger partial charge in [-0.1, -0.05) is 12.1 Å². The third kappa shape index (κ3) is 6.15. The Morgan fingerprint density at radius 2 is 1.77 bits per heavy atom. The van der Waals surface area contributed by atoms with Crippen LogP contribution in [-0.4, -0.2) is 49.3 Å². The largest absolute Gasteiger partial charge is 0.326 e. The van der Waals surface area contributed by atoms with Crippen molar-refractivity contribution < 1.29 is 14.4 Å². The first kappa shape index (κ1) is 22.5. The summed E-state index contributed by atoms with van der Waals surface area (Å²) in [6.45, 7) is 5.41. The van der Waals surface area contributed by atoms with Gasteiger partial charge in [-0.2, -0.15) is 0 Å². The molecular weight excluding hydrogens is 392 g/mol. The van der Waals surface area contributed by atoms with E-state index in [1.807, 2.05) is 56.1 Å². The van der Waals surface area contributed by atoms with Crippen LogP contribution in [0.5, 0.6) is 0 Å². The Hall–Kier alpha value is -3.19. The summed E-state index contributed by atoms with van der Waals surface area (Å²) >= 11 is 0. The third-order valence-electron chi connectivity index (χ3n) is 5.55. The first-order valence-corrected chi connectivity index (χ1v) is 10.6. The van der Waals surface area contributed by atoms with E-state index in [4.69, 9.17) is 0 Å². The normalized spacial score (nSPS) is 13.5. The van der Waals surface area contributed by atoms with Crippen molar-refractivity contribution in [1.82, 2.24) is 4.90 Å². The molecule has 0 saturated carbocycles. The Labute approximate surface area is 183 Å². The summed E-state index contributed by atoms with van der Waals surface area (Å²) in [6.07, 6.45) is 1.75. The Balaban J connectivity index is 1.42. The maximum atomic E-state index is 12.3. The highest BCUT2D eigenvalue weighted by Gasteiger charge is 2.21. The number of carbonyl (C=O) groups excluding carboxylic acids is 3. The van der Waals surface area contributed by atoms with Gasteiger partial charge < -0.3 is 15.5 Å². The van der Waals surface area contributed by atoms with Gasteiger partial charge >= 0.3 is 0 Å². The van der Waals surface area contributed by atoms with Crippen LogP contribution in [0.3, 0.4) is 0 Å². The zero-order valence-corrected chi connectivity index (χ0v) is 18.4. The number of rotatable bonds is 8. The lowest BCUT2D eigenvalue weighted by molar-refractivity contribution is -0.119. The minimum atomic E-state index is -0.119. The van der Waals surface area contributed by atoms with Crippen molar-refractivity contribution in [3.8, 4) is 0 Å². The van der Waals surface area contributed by atoms with Gasteiger partial charge in [0.1, 0.15) is 0 Å². The lowest BCUT2D eigenvalue weighted by Gasteiger charge is -2.18. The molecule has 2 N–H and O–H groups in total. The number of nitrogens with zero attached hydrogens (tertiary/aromatic N) is 2. The molecule has 0 bridgehead atoms. The monoisotopic (exact) mass is 422 g/mol. The molecule has 1 aliphatic heterocycles. The minimum Gasteiger partial charge on any atom is -0.326 e. The van der Waals surface area contributed by atoms with Gasteiger partial charge in [-0.05, 0) is 68.8 Å². The molecule has 3 amide bonds. The Morgan fingerprint density at radius 3 is 2.45 bits per heavy atom. The molecule has 0 radical (unpaired) electrons. The number of anilines is 3. The van der Waals surface area contributed by atoms with E-state index in [1.165, 1.54) is 0 Å². The predicted molar refractivity (Wildman–Crippen MR) is 123 cm³/mol. The highest BCUT2D eigenvalue weighted by atomic mass is 16.2. The Morgan fingerprint density at radius 1 is 1.03 bits per heavy atom. The molecule has 1 heterocycles. The van der Waals surface area contributed by atoms with Gasteiger partial charge in [0.2, 0.25) is 17.7 Å². The van der Waals surface area contributed by atoms with Crippen LogP contribution in [0.15, 0.2) is 42.5 Å². The number of hydrogen-bond donors (Lipinski definition) is 2. The van der Waals surface area contributed by atoms with Crippen LogP contribution in [0.2, 0.25) is 0 Å². The van der Waals surface area contributed by atoms with E-state index < -0.39 is 0 Å². The third-order valence-corrected chi connectivity index (χ3v) is 5.55. The summed E-state index contributed by atoms with van der Waals surface area (Å²) in [4.78, 5) is 40.0. The number of benzene rings is 2. The highest BCUT2D eigenvalue weighted by molar-refractivity contribution is 5.96. The van der Waals surface area contributed by atoms with Crippen LogP contribution in [0.25, 0.3) is 0 Å². The van der Waals surface area contributed by atoms with Crippen molar-refractivity contribution >= 4 is 34.8 Å². The lowest BCUT2D eigenvalue weighted by Crippen LogP contribution is -2.32. The van der Waals surface area contributed by atoms with E-state index in [-0.39, 0.29) is 30.7 Å². The standard InChI is InChI=1S/C24H30N4O3/c1-17-6-4-7-21(18(17)2)26-23(30)16-27(3)15-13-22(29)25-19-9-11-20(12-10-19)28-14-5-8-24(28)31/h4,6-7,9-12H,5,8,13-16H2,1-3H3,(H,25,29)(H,26,30). The quantitative estimate of drug-likeness (QED) is 0.684. The Bertz CT molecular complexity index is 956. The van der Waals surface area contributed by atoms with Gasteiger partial charge in [0.25, 0.3) is 0 Å². The molecule has 1 aliphatic rings. The molecule has 1 saturated heterocycles. The van der Waals surface area contributed by atoms with Crippen molar-refractivity contribution in [2.45, 2.75) is 33.1 Å². The van der Waals surface area contributed by atoms with Crippen molar-refractivity contribution in [3.05, 3.63) is 53.6 Å². The maximum absolute atomic E-state index is 12.3. The minimum absolute atomic E-state index is 0.108. The van der Waals surface area contributed by atoms with Gasteiger partial charge in [0.15, 0.2) is 0 Å². The molecular formula is C24H30N4O3. The molecule has 0 unspecified atom stereocenters. The van der Waals surface area contributed by atoms with E-state index in [2.05, 4.69) is 10.6 Å². The molecule has 7 heteroatoms. The fourth-order valence-electron chi connectivity index (χ4n) is 3.56. The molecule has 0 spiro atoms. The van der Waals surface area contributed by atoms with Gasteiger partial charge in [0, 0.05) is 43.0 Å². The first-order valence-electron chi connectivity index (χ1n) is 10.6. The number of nitrogens with one attached hydrogen (secondary N) is 2. The number of hydrogen-bond acceptors (Lipinski definition) is 4. The average Bonchev–Trinajstić information content (AvgIpc) is 3.16. The summed E-state index contributed by atoms with van der Waals surface area (Å²) in [5.74, 6) is -0.0862. The second-order valence-electron chi connectivity index (χ2n) is 8.03. The van der Waals surface area contributed by atoms with E-state index in [0.717, 1.165) is 35.5 Å². The second-order valence-corrected chi connectivity index (χ2v) is 8.03. The van der Waals surface area contributed by atoms with Crippen LogP contribution in [0.1, 0.15) is 30.4 Å². The molecule has 3 rings (SSSR count). The van der Waals surface area contributed by atoms with Gasteiger partial charge in [-0.25, -0.2) is 0 Å². The van der Waals surface area contributed by atoms with Crippen molar-refractivity contribution in [1.29, 1.82) is 0 Å². The van der Waals surface area contributed by atoms with Gasteiger partial charge in [-0.3, -0.25) is 19.3 Å². The number of aryl methyl sites for hydroxylation is 1. The van der Waals surface area contributed by atoms with Crippen molar-refractivity contribution in [2.24, 2.45) is 0 Å². The molecule has 0 aromatic heterocycles.